The van der Waals surface area contributed by atoms with Gasteiger partial charge in [0.15, 0.2) is 0 Å². The van der Waals surface area contributed by atoms with Crippen molar-refractivity contribution in [1.29, 1.82) is 0 Å². The number of benzene rings is 2. The molecule has 3 aromatic rings. The van der Waals surface area contributed by atoms with Crippen LogP contribution >= 0.6 is 0 Å². The van der Waals surface area contributed by atoms with Crippen LogP contribution in [-0.2, 0) is 17.9 Å². The fourth-order valence-corrected chi connectivity index (χ4v) is 2.50. The Morgan fingerprint density at radius 1 is 1.25 bits per heavy atom. The molecule has 1 N–H and O–H groups in total. The number of aromatic nitrogens is 2. The van der Waals surface area contributed by atoms with Gasteiger partial charge in [-0.15, -0.1) is 0 Å². The molecule has 0 aliphatic rings. The summed E-state index contributed by atoms with van der Waals surface area (Å²) in [5.41, 5.74) is 1.79. The summed E-state index contributed by atoms with van der Waals surface area (Å²) in [5.74, 6) is -0.507. The number of carbonyl (C=O) groups is 1. The first kappa shape index (κ1) is 15.9. The molecule has 0 radical (unpaired) electrons. The van der Waals surface area contributed by atoms with Crippen LogP contribution in [0.3, 0.4) is 0 Å². The Labute approximate surface area is 137 Å². The van der Waals surface area contributed by atoms with Gasteiger partial charge >= 0.3 is 0 Å². The number of nitrogens with zero attached hydrogens (tertiary/aromatic N) is 2. The van der Waals surface area contributed by atoms with Crippen molar-refractivity contribution >= 4 is 16.8 Å². The first-order valence-corrected chi connectivity index (χ1v) is 7.51. The van der Waals surface area contributed by atoms with E-state index in [4.69, 9.17) is 0 Å². The average molecular weight is 325 g/mol. The number of para-hydroxylation sites is 1. The third-order valence-corrected chi connectivity index (χ3v) is 3.77. The number of amides is 1. The van der Waals surface area contributed by atoms with Crippen molar-refractivity contribution in [1.82, 2.24) is 15.1 Å². The van der Waals surface area contributed by atoms with Gasteiger partial charge in [0, 0.05) is 11.9 Å². The summed E-state index contributed by atoms with van der Waals surface area (Å²) < 4.78 is 14.7. The van der Waals surface area contributed by atoms with Gasteiger partial charge in [-0.05, 0) is 36.2 Å². The summed E-state index contributed by atoms with van der Waals surface area (Å²) in [5, 5.41) is 7.32. The molecule has 0 saturated carbocycles. The van der Waals surface area contributed by atoms with E-state index < -0.39 is 0 Å². The maximum Gasteiger partial charge on any atom is 0.242 e. The molecule has 0 aliphatic carbocycles. The first-order valence-electron chi connectivity index (χ1n) is 7.51. The topological polar surface area (TPSA) is 64.0 Å². The van der Waals surface area contributed by atoms with E-state index >= 15 is 0 Å². The van der Waals surface area contributed by atoms with Crippen molar-refractivity contribution < 1.29 is 9.18 Å². The molecule has 0 spiro atoms. The predicted octanol–water partition coefficient (Wildman–Crippen LogP) is 2.16. The number of carbonyl (C=O) groups excluding carboxylic acids is 1. The fourth-order valence-electron chi connectivity index (χ4n) is 2.50. The number of hydrogen-bond acceptors (Lipinski definition) is 3. The molecule has 122 valence electrons. The summed E-state index contributed by atoms with van der Waals surface area (Å²) in [7, 11) is 0. The van der Waals surface area contributed by atoms with Crippen LogP contribution in [0.5, 0.6) is 0 Å². The molecular weight excluding hydrogens is 309 g/mol. The largest absolute Gasteiger partial charge is 0.350 e. The second-order valence-corrected chi connectivity index (χ2v) is 5.54. The number of aryl methyl sites for hydroxylation is 1. The minimum absolute atomic E-state index is 0.000962. The lowest BCUT2D eigenvalue weighted by Crippen LogP contribution is -2.28. The van der Waals surface area contributed by atoms with Crippen LogP contribution in [0.2, 0.25) is 0 Å². The van der Waals surface area contributed by atoms with Crippen molar-refractivity contribution in [2.45, 2.75) is 20.0 Å². The molecule has 1 amide bonds. The Balaban J connectivity index is 1.72. The number of rotatable bonds is 4. The Morgan fingerprint density at radius 3 is 2.83 bits per heavy atom. The molecule has 6 heteroatoms. The predicted molar refractivity (Wildman–Crippen MR) is 89.0 cm³/mol. The van der Waals surface area contributed by atoms with Crippen LogP contribution in [0.4, 0.5) is 4.39 Å². The molecule has 0 fully saturated rings. The van der Waals surface area contributed by atoms with Crippen molar-refractivity contribution in [3.05, 3.63) is 75.8 Å². The summed E-state index contributed by atoms with van der Waals surface area (Å²) in [6.45, 7) is 1.98. The lowest BCUT2D eigenvalue weighted by molar-refractivity contribution is -0.121. The molecule has 2 aromatic carbocycles. The summed E-state index contributed by atoms with van der Waals surface area (Å²) in [6.07, 6.45) is 1.21. The third-order valence-electron chi connectivity index (χ3n) is 3.77. The smallest absolute Gasteiger partial charge is 0.242 e. The Kier molecular flexibility index (Phi) is 4.37. The van der Waals surface area contributed by atoms with Gasteiger partial charge in [-0.2, -0.15) is 5.10 Å². The summed E-state index contributed by atoms with van der Waals surface area (Å²) in [4.78, 5) is 23.9. The van der Waals surface area contributed by atoms with Gasteiger partial charge in [0.2, 0.25) is 11.3 Å². The summed E-state index contributed by atoms with van der Waals surface area (Å²) >= 11 is 0. The van der Waals surface area contributed by atoms with Gasteiger partial charge in [-0.3, -0.25) is 14.3 Å². The average Bonchev–Trinajstić information content (AvgIpc) is 2.59. The molecular formula is C18H16FN3O2. The number of nitrogens with one attached hydrogen (secondary N) is 1. The third kappa shape index (κ3) is 3.32. The van der Waals surface area contributed by atoms with Gasteiger partial charge in [-0.25, -0.2) is 4.39 Å². The fraction of sp³-hybridized carbons (Fsp3) is 0.167. The number of fused-ring (bicyclic) bond motifs is 1. The standard InChI is InChI=1S/C18H16FN3O2/c1-12-8-13(6-7-15(12)19)9-20-18(24)11-22-16-5-3-2-4-14(16)17(23)10-21-22/h2-8,10H,9,11H2,1H3,(H,20,24). The molecule has 0 aliphatic heterocycles. The van der Waals surface area contributed by atoms with Crippen LogP contribution in [0.1, 0.15) is 11.1 Å². The zero-order chi connectivity index (χ0) is 17.1. The normalized spacial score (nSPS) is 10.8. The van der Waals surface area contributed by atoms with Crippen molar-refractivity contribution in [2.24, 2.45) is 0 Å². The van der Waals surface area contributed by atoms with Gasteiger partial charge in [0.25, 0.3) is 0 Å². The van der Waals surface area contributed by atoms with Crippen molar-refractivity contribution in [3.63, 3.8) is 0 Å². The van der Waals surface area contributed by atoms with Crippen molar-refractivity contribution in [3.8, 4) is 0 Å². The molecule has 0 saturated heterocycles. The number of halogens is 1. The Morgan fingerprint density at radius 2 is 2.04 bits per heavy atom. The molecule has 0 unspecified atom stereocenters. The first-order chi connectivity index (χ1) is 11.5. The van der Waals surface area contributed by atoms with Crippen LogP contribution in [0, 0.1) is 12.7 Å². The maximum absolute atomic E-state index is 13.2. The lowest BCUT2D eigenvalue weighted by atomic mass is 10.1. The van der Waals surface area contributed by atoms with Crippen molar-refractivity contribution in [2.75, 3.05) is 0 Å². The Bertz CT molecular complexity index is 966. The van der Waals surface area contributed by atoms with Crippen LogP contribution < -0.4 is 10.7 Å². The Hall–Kier alpha value is -3.02. The second-order valence-electron chi connectivity index (χ2n) is 5.54. The molecule has 0 atom stereocenters. The van der Waals surface area contributed by atoms with E-state index in [9.17, 15) is 14.0 Å². The molecule has 0 bridgehead atoms. The van der Waals surface area contributed by atoms with E-state index in [-0.39, 0.29) is 23.7 Å². The van der Waals surface area contributed by atoms with E-state index in [1.807, 2.05) is 0 Å². The van der Waals surface area contributed by atoms with E-state index in [1.54, 1.807) is 43.3 Å². The lowest BCUT2D eigenvalue weighted by Gasteiger charge is -2.10. The minimum atomic E-state index is -0.269. The highest BCUT2D eigenvalue weighted by Crippen LogP contribution is 2.10. The van der Waals surface area contributed by atoms with Gasteiger partial charge < -0.3 is 5.32 Å². The number of hydrogen-bond donors (Lipinski definition) is 1. The highest BCUT2D eigenvalue weighted by Gasteiger charge is 2.08. The van der Waals surface area contributed by atoms with Gasteiger partial charge in [0.1, 0.15) is 12.4 Å². The molecule has 3 rings (SSSR count). The van der Waals surface area contributed by atoms with Crippen LogP contribution in [-0.4, -0.2) is 15.7 Å². The zero-order valence-electron chi connectivity index (χ0n) is 13.1. The molecule has 1 aromatic heterocycles. The molecule has 5 nitrogen and oxygen atoms in total. The van der Waals surface area contributed by atoms with E-state index in [0.717, 1.165) is 5.56 Å². The van der Waals surface area contributed by atoms with E-state index in [2.05, 4.69) is 10.4 Å². The van der Waals surface area contributed by atoms with Gasteiger partial charge in [-0.1, -0.05) is 24.3 Å². The quantitative estimate of drug-likeness (QED) is 0.799. The van der Waals surface area contributed by atoms with Gasteiger partial charge in [0.05, 0.1) is 11.7 Å². The second kappa shape index (κ2) is 6.62. The molecule has 24 heavy (non-hydrogen) atoms. The minimum Gasteiger partial charge on any atom is -0.350 e. The summed E-state index contributed by atoms with van der Waals surface area (Å²) in [6, 6.07) is 11.7. The van der Waals surface area contributed by atoms with Crippen LogP contribution in [0.15, 0.2) is 53.5 Å². The van der Waals surface area contributed by atoms with E-state index in [0.29, 0.717) is 23.0 Å². The SMILES string of the molecule is Cc1cc(CNC(=O)Cn2ncc(=O)c3ccccc32)ccc1F. The van der Waals surface area contributed by atoms with E-state index in [1.165, 1.54) is 16.9 Å². The monoisotopic (exact) mass is 325 g/mol. The highest BCUT2D eigenvalue weighted by molar-refractivity contribution is 5.81. The zero-order valence-corrected chi connectivity index (χ0v) is 13.1. The maximum atomic E-state index is 13.2. The van der Waals surface area contributed by atoms with Crippen LogP contribution in [0.25, 0.3) is 10.9 Å². The molecule has 1 heterocycles. The highest BCUT2D eigenvalue weighted by atomic mass is 19.1.